The van der Waals surface area contributed by atoms with Crippen LogP contribution in [0, 0.1) is 0 Å². The number of hydrogen-bond donors (Lipinski definition) is 1. The average molecular weight is 165 g/mol. The molecule has 2 rings (SSSR count). The van der Waals surface area contributed by atoms with E-state index in [1.54, 1.807) is 6.92 Å². The lowest BCUT2D eigenvalue weighted by molar-refractivity contribution is 0.101. The van der Waals surface area contributed by atoms with Crippen molar-refractivity contribution in [3.8, 4) is 0 Å². The molecule has 0 unspecified atom stereocenters. The quantitative estimate of drug-likeness (QED) is 0.637. The largest absolute Gasteiger partial charge is 0.376 e. The number of ketones is 1. The van der Waals surface area contributed by atoms with E-state index in [0.717, 1.165) is 24.3 Å². The Morgan fingerprint density at radius 1 is 1.67 bits per heavy atom. The van der Waals surface area contributed by atoms with Crippen molar-refractivity contribution in [3.63, 3.8) is 0 Å². The minimum atomic E-state index is 0.0874. The molecule has 1 aliphatic rings. The molecule has 1 aliphatic heterocycles. The van der Waals surface area contributed by atoms with Gasteiger partial charge in [-0.3, -0.25) is 4.79 Å². The van der Waals surface area contributed by atoms with Crippen LogP contribution in [0.5, 0.6) is 0 Å². The lowest BCUT2D eigenvalue weighted by atomic mass is 10.1. The van der Waals surface area contributed by atoms with Crippen LogP contribution >= 0.6 is 0 Å². The highest BCUT2D eigenvalue weighted by atomic mass is 16.5. The zero-order valence-electron chi connectivity index (χ0n) is 7.02. The molecule has 1 aromatic heterocycles. The van der Waals surface area contributed by atoms with Crippen LogP contribution in [0.4, 0.5) is 0 Å². The van der Waals surface area contributed by atoms with Gasteiger partial charge in [0.05, 0.1) is 18.9 Å². The van der Waals surface area contributed by atoms with Gasteiger partial charge in [-0.05, 0) is 11.6 Å². The summed E-state index contributed by atoms with van der Waals surface area (Å²) >= 11 is 0. The number of fused-ring (bicyclic) bond motifs is 1. The van der Waals surface area contributed by atoms with Gasteiger partial charge in [-0.15, -0.1) is 0 Å². The first kappa shape index (κ1) is 7.55. The van der Waals surface area contributed by atoms with Crippen LogP contribution in [0.2, 0.25) is 0 Å². The molecule has 0 spiro atoms. The highest BCUT2D eigenvalue weighted by molar-refractivity contribution is 5.92. The molecule has 0 amide bonds. The second-order valence-corrected chi connectivity index (χ2v) is 3.05. The van der Waals surface area contributed by atoms with Crippen LogP contribution in [0.1, 0.15) is 28.7 Å². The number of ether oxygens (including phenoxy) is 1. The number of H-pyrrole nitrogens is 1. The van der Waals surface area contributed by atoms with E-state index in [-0.39, 0.29) is 5.78 Å². The van der Waals surface area contributed by atoms with E-state index in [4.69, 9.17) is 4.74 Å². The molecule has 0 atom stereocenters. The van der Waals surface area contributed by atoms with Gasteiger partial charge in [-0.2, -0.15) is 0 Å². The first-order chi connectivity index (χ1) is 5.77. The predicted molar refractivity (Wildman–Crippen MR) is 44.2 cm³/mol. The molecule has 64 valence electrons. The Hall–Kier alpha value is -1.09. The maximum Gasteiger partial charge on any atom is 0.175 e. The summed E-state index contributed by atoms with van der Waals surface area (Å²) < 4.78 is 5.26. The molecular weight excluding hydrogens is 154 g/mol. The fraction of sp³-hybridized carbons (Fsp3) is 0.444. The number of carbonyl (C=O) groups is 1. The summed E-state index contributed by atoms with van der Waals surface area (Å²) in [5.41, 5.74) is 2.99. The first-order valence-electron chi connectivity index (χ1n) is 4.07. The Bertz CT molecular complexity index is 291. The molecular formula is C9H11NO2. The van der Waals surface area contributed by atoms with Crippen LogP contribution in [0.25, 0.3) is 0 Å². The van der Waals surface area contributed by atoms with Gasteiger partial charge in [0.1, 0.15) is 0 Å². The number of nitrogens with one attached hydrogen (secondary N) is 1. The highest BCUT2D eigenvalue weighted by Gasteiger charge is 2.14. The fourth-order valence-corrected chi connectivity index (χ4v) is 1.44. The van der Waals surface area contributed by atoms with Crippen LogP contribution in [-0.4, -0.2) is 17.4 Å². The van der Waals surface area contributed by atoms with Crippen LogP contribution in [0.3, 0.4) is 0 Å². The average Bonchev–Trinajstić information content (AvgIpc) is 2.46. The van der Waals surface area contributed by atoms with Gasteiger partial charge in [-0.25, -0.2) is 0 Å². The number of Topliss-reactive ketones (excluding diaryl/α,β-unsaturated/α-hetero) is 1. The SMILES string of the molecule is CC(=O)c1cc2c([nH]1)CCOC2. The molecule has 2 heterocycles. The van der Waals surface area contributed by atoms with Crippen molar-refractivity contribution >= 4 is 5.78 Å². The van der Waals surface area contributed by atoms with Crippen molar-refractivity contribution in [2.45, 2.75) is 20.0 Å². The van der Waals surface area contributed by atoms with Crippen molar-refractivity contribution in [2.75, 3.05) is 6.61 Å². The predicted octanol–water partition coefficient (Wildman–Crippen LogP) is 1.29. The minimum absolute atomic E-state index is 0.0874. The Kier molecular flexibility index (Phi) is 1.73. The standard InChI is InChI=1S/C9H11NO2/c1-6(11)9-4-7-5-12-3-2-8(7)10-9/h4,10H,2-3,5H2,1H3. The number of rotatable bonds is 1. The normalized spacial score (nSPS) is 15.8. The lowest BCUT2D eigenvalue weighted by Crippen LogP contribution is -2.07. The molecule has 0 fully saturated rings. The number of aromatic amines is 1. The van der Waals surface area contributed by atoms with Crippen molar-refractivity contribution in [2.24, 2.45) is 0 Å². The Morgan fingerprint density at radius 3 is 3.17 bits per heavy atom. The van der Waals surface area contributed by atoms with Crippen LogP contribution in [0.15, 0.2) is 6.07 Å². The molecule has 1 N–H and O–H groups in total. The zero-order valence-corrected chi connectivity index (χ0v) is 7.02. The van der Waals surface area contributed by atoms with Crippen molar-refractivity contribution in [1.82, 2.24) is 4.98 Å². The van der Waals surface area contributed by atoms with Gasteiger partial charge in [-0.1, -0.05) is 0 Å². The van der Waals surface area contributed by atoms with Gasteiger partial charge in [0, 0.05) is 19.0 Å². The molecule has 3 heteroatoms. The minimum Gasteiger partial charge on any atom is -0.376 e. The molecule has 1 aromatic rings. The molecule has 0 aromatic carbocycles. The molecule has 12 heavy (non-hydrogen) atoms. The summed E-state index contributed by atoms with van der Waals surface area (Å²) in [6.07, 6.45) is 0.891. The third-order valence-corrected chi connectivity index (χ3v) is 2.13. The Morgan fingerprint density at radius 2 is 2.50 bits per heavy atom. The van der Waals surface area contributed by atoms with Crippen molar-refractivity contribution < 1.29 is 9.53 Å². The number of aromatic nitrogens is 1. The van der Waals surface area contributed by atoms with Gasteiger partial charge in [0.25, 0.3) is 0 Å². The van der Waals surface area contributed by atoms with E-state index in [1.807, 2.05) is 6.07 Å². The van der Waals surface area contributed by atoms with E-state index >= 15 is 0 Å². The number of carbonyl (C=O) groups excluding carboxylic acids is 1. The van der Waals surface area contributed by atoms with E-state index in [9.17, 15) is 4.79 Å². The zero-order chi connectivity index (χ0) is 8.55. The summed E-state index contributed by atoms with van der Waals surface area (Å²) in [5, 5.41) is 0. The lowest BCUT2D eigenvalue weighted by Gasteiger charge is -2.10. The smallest absolute Gasteiger partial charge is 0.175 e. The maximum absolute atomic E-state index is 11.0. The van der Waals surface area contributed by atoms with E-state index in [0.29, 0.717) is 12.3 Å². The second-order valence-electron chi connectivity index (χ2n) is 3.05. The summed E-state index contributed by atoms with van der Waals surface area (Å²) in [4.78, 5) is 14.1. The van der Waals surface area contributed by atoms with Crippen LogP contribution in [-0.2, 0) is 17.8 Å². The van der Waals surface area contributed by atoms with Gasteiger partial charge in [0.15, 0.2) is 5.78 Å². The third kappa shape index (κ3) is 1.16. The molecule has 3 nitrogen and oxygen atoms in total. The maximum atomic E-state index is 11.0. The second kappa shape index (κ2) is 2.75. The van der Waals surface area contributed by atoms with E-state index in [1.165, 1.54) is 0 Å². The molecule has 0 aliphatic carbocycles. The van der Waals surface area contributed by atoms with E-state index < -0.39 is 0 Å². The summed E-state index contributed by atoms with van der Waals surface area (Å²) in [6.45, 7) is 2.96. The molecule has 0 bridgehead atoms. The van der Waals surface area contributed by atoms with Crippen LogP contribution < -0.4 is 0 Å². The van der Waals surface area contributed by atoms with Gasteiger partial charge >= 0.3 is 0 Å². The van der Waals surface area contributed by atoms with Crippen molar-refractivity contribution in [3.05, 3.63) is 23.0 Å². The summed E-state index contributed by atoms with van der Waals surface area (Å²) in [6, 6.07) is 1.89. The fourth-order valence-electron chi connectivity index (χ4n) is 1.44. The molecule has 0 saturated heterocycles. The van der Waals surface area contributed by atoms with E-state index in [2.05, 4.69) is 4.98 Å². The van der Waals surface area contributed by atoms with Gasteiger partial charge < -0.3 is 9.72 Å². The number of hydrogen-bond acceptors (Lipinski definition) is 2. The van der Waals surface area contributed by atoms with Crippen molar-refractivity contribution in [1.29, 1.82) is 0 Å². The third-order valence-electron chi connectivity index (χ3n) is 2.13. The Balaban J connectivity index is 2.38. The monoisotopic (exact) mass is 165 g/mol. The summed E-state index contributed by atoms with van der Waals surface area (Å²) in [7, 11) is 0. The van der Waals surface area contributed by atoms with Gasteiger partial charge in [0.2, 0.25) is 0 Å². The topological polar surface area (TPSA) is 42.1 Å². The molecule has 0 radical (unpaired) electrons. The Labute approximate surface area is 70.7 Å². The molecule has 0 saturated carbocycles. The highest BCUT2D eigenvalue weighted by Crippen LogP contribution is 2.17. The first-order valence-corrected chi connectivity index (χ1v) is 4.07. The summed E-state index contributed by atoms with van der Waals surface area (Å²) in [5.74, 6) is 0.0874.